The standard InChI is InChI=1S/C10H16O3/c1-4-5-6-7-9(11)8(2)10(12)13-3/h4,6-9,11H,1,5H2,2-3H3/b7-6+/t8-,9+/m0/s1. The molecule has 0 saturated carbocycles. The summed E-state index contributed by atoms with van der Waals surface area (Å²) in [5.74, 6) is -0.929. The van der Waals surface area contributed by atoms with Crippen molar-refractivity contribution in [1.29, 1.82) is 0 Å². The minimum atomic E-state index is -0.785. The number of allylic oxidation sites excluding steroid dienone is 2. The summed E-state index contributed by atoms with van der Waals surface area (Å²) in [5, 5.41) is 9.42. The molecule has 1 N–H and O–H groups in total. The van der Waals surface area contributed by atoms with Gasteiger partial charge in [-0.05, 0) is 13.3 Å². The summed E-state index contributed by atoms with van der Waals surface area (Å²) in [6.07, 6.45) is 4.95. The van der Waals surface area contributed by atoms with Crippen molar-refractivity contribution in [1.82, 2.24) is 0 Å². The van der Waals surface area contributed by atoms with Gasteiger partial charge < -0.3 is 9.84 Å². The fourth-order valence-corrected chi connectivity index (χ4v) is 0.806. The minimum Gasteiger partial charge on any atom is -0.469 e. The van der Waals surface area contributed by atoms with Gasteiger partial charge in [-0.2, -0.15) is 0 Å². The summed E-state index contributed by atoms with van der Waals surface area (Å²) in [6.45, 7) is 5.15. The van der Waals surface area contributed by atoms with E-state index in [0.717, 1.165) is 0 Å². The Kier molecular flexibility index (Phi) is 5.89. The zero-order valence-electron chi connectivity index (χ0n) is 8.06. The van der Waals surface area contributed by atoms with Crippen LogP contribution < -0.4 is 0 Å². The highest BCUT2D eigenvalue weighted by Crippen LogP contribution is 2.06. The van der Waals surface area contributed by atoms with Crippen molar-refractivity contribution in [3.05, 3.63) is 24.8 Å². The normalized spacial score (nSPS) is 15.3. The molecule has 13 heavy (non-hydrogen) atoms. The van der Waals surface area contributed by atoms with E-state index in [-0.39, 0.29) is 0 Å². The zero-order valence-corrected chi connectivity index (χ0v) is 8.06. The first-order valence-corrected chi connectivity index (χ1v) is 4.17. The number of aliphatic hydroxyl groups excluding tert-OH is 1. The van der Waals surface area contributed by atoms with Gasteiger partial charge in [0.1, 0.15) is 0 Å². The van der Waals surface area contributed by atoms with E-state index in [1.165, 1.54) is 7.11 Å². The maximum atomic E-state index is 10.9. The topological polar surface area (TPSA) is 46.5 Å². The van der Waals surface area contributed by atoms with Crippen LogP contribution in [0.15, 0.2) is 24.8 Å². The van der Waals surface area contributed by atoms with E-state index in [4.69, 9.17) is 0 Å². The molecule has 0 amide bonds. The van der Waals surface area contributed by atoms with Gasteiger partial charge in [0.25, 0.3) is 0 Å². The molecule has 74 valence electrons. The number of rotatable bonds is 5. The van der Waals surface area contributed by atoms with Crippen LogP contribution in [0.3, 0.4) is 0 Å². The maximum Gasteiger partial charge on any atom is 0.311 e. The number of carbonyl (C=O) groups is 1. The quantitative estimate of drug-likeness (QED) is 0.517. The molecule has 0 bridgehead atoms. The summed E-state index contributed by atoms with van der Waals surface area (Å²) >= 11 is 0. The highest BCUT2D eigenvalue weighted by atomic mass is 16.5. The van der Waals surface area contributed by atoms with Gasteiger partial charge >= 0.3 is 5.97 Å². The van der Waals surface area contributed by atoms with E-state index in [1.807, 2.05) is 0 Å². The number of carbonyl (C=O) groups excluding carboxylic acids is 1. The Morgan fingerprint density at radius 3 is 2.77 bits per heavy atom. The van der Waals surface area contributed by atoms with Crippen LogP contribution in [0, 0.1) is 5.92 Å². The molecule has 0 radical (unpaired) electrons. The Morgan fingerprint density at radius 2 is 2.31 bits per heavy atom. The number of methoxy groups -OCH3 is 1. The molecular formula is C10H16O3. The summed E-state index contributed by atoms with van der Waals surface area (Å²) in [6, 6.07) is 0. The molecule has 0 aliphatic rings. The number of hydrogen-bond acceptors (Lipinski definition) is 3. The zero-order chi connectivity index (χ0) is 10.3. The molecule has 0 heterocycles. The van der Waals surface area contributed by atoms with Crippen molar-refractivity contribution in [3.63, 3.8) is 0 Å². The van der Waals surface area contributed by atoms with Gasteiger partial charge in [-0.15, -0.1) is 6.58 Å². The number of ether oxygens (including phenoxy) is 1. The monoisotopic (exact) mass is 184 g/mol. The highest BCUT2D eigenvalue weighted by Gasteiger charge is 2.19. The molecule has 2 atom stereocenters. The highest BCUT2D eigenvalue weighted by molar-refractivity contribution is 5.72. The van der Waals surface area contributed by atoms with E-state index in [1.54, 1.807) is 25.2 Å². The van der Waals surface area contributed by atoms with Crippen molar-refractivity contribution < 1.29 is 14.6 Å². The molecule has 0 unspecified atom stereocenters. The van der Waals surface area contributed by atoms with E-state index in [0.29, 0.717) is 6.42 Å². The Morgan fingerprint density at radius 1 is 1.69 bits per heavy atom. The second-order valence-corrected chi connectivity index (χ2v) is 2.75. The van der Waals surface area contributed by atoms with E-state index < -0.39 is 18.0 Å². The van der Waals surface area contributed by atoms with Gasteiger partial charge in [0.15, 0.2) is 0 Å². The Bertz CT molecular complexity index is 196. The van der Waals surface area contributed by atoms with Crippen molar-refractivity contribution in [2.75, 3.05) is 7.11 Å². The van der Waals surface area contributed by atoms with E-state index in [9.17, 15) is 9.90 Å². The predicted octanol–water partition coefficient (Wildman–Crippen LogP) is 1.29. The SMILES string of the molecule is C=CC/C=C/[C@@H](O)[C@H](C)C(=O)OC. The lowest BCUT2D eigenvalue weighted by Crippen LogP contribution is -2.24. The number of aliphatic hydroxyl groups is 1. The predicted molar refractivity (Wildman–Crippen MR) is 51.1 cm³/mol. The number of esters is 1. The molecule has 3 nitrogen and oxygen atoms in total. The smallest absolute Gasteiger partial charge is 0.311 e. The first kappa shape index (κ1) is 11.9. The Labute approximate surface area is 78.7 Å². The van der Waals surface area contributed by atoms with Crippen LogP contribution in [-0.4, -0.2) is 24.3 Å². The summed E-state index contributed by atoms with van der Waals surface area (Å²) < 4.78 is 4.49. The second-order valence-electron chi connectivity index (χ2n) is 2.75. The number of hydrogen-bond donors (Lipinski definition) is 1. The summed E-state index contributed by atoms with van der Waals surface area (Å²) in [7, 11) is 1.30. The largest absolute Gasteiger partial charge is 0.469 e. The van der Waals surface area contributed by atoms with Gasteiger partial charge in [0.2, 0.25) is 0 Å². The molecule has 0 aromatic carbocycles. The van der Waals surface area contributed by atoms with Gasteiger partial charge in [0.05, 0.1) is 19.1 Å². The van der Waals surface area contributed by atoms with Gasteiger partial charge in [0, 0.05) is 0 Å². The summed E-state index contributed by atoms with van der Waals surface area (Å²) in [4.78, 5) is 10.9. The van der Waals surface area contributed by atoms with Crippen LogP contribution in [0.4, 0.5) is 0 Å². The molecule has 0 aliphatic carbocycles. The molecule has 0 fully saturated rings. The fourth-order valence-electron chi connectivity index (χ4n) is 0.806. The molecule has 0 rings (SSSR count). The van der Waals surface area contributed by atoms with Crippen LogP contribution >= 0.6 is 0 Å². The molecule has 0 aliphatic heterocycles. The van der Waals surface area contributed by atoms with Crippen LogP contribution in [-0.2, 0) is 9.53 Å². The lowest BCUT2D eigenvalue weighted by molar-refractivity contribution is -0.147. The fraction of sp³-hybridized carbons (Fsp3) is 0.500. The lowest BCUT2D eigenvalue weighted by atomic mass is 10.0. The lowest BCUT2D eigenvalue weighted by Gasteiger charge is -2.12. The van der Waals surface area contributed by atoms with E-state index in [2.05, 4.69) is 11.3 Å². The molecule has 0 saturated heterocycles. The van der Waals surface area contributed by atoms with Gasteiger partial charge in [-0.1, -0.05) is 18.2 Å². The van der Waals surface area contributed by atoms with Crippen LogP contribution in [0.25, 0.3) is 0 Å². The van der Waals surface area contributed by atoms with Crippen molar-refractivity contribution in [2.45, 2.75) is 19.4 Å². The van der Waals surface area contributed by atoms with Gasteiger partial charge in [-0.3, -0.25) is 4.79 Å². The van der Waals surface area contributed by atoms with Gasteiger partial charge in [-0.25, -0.2) is 0 Å². The maximum absolute atomic E-state index is 10.9. The average molecular weight is 184 g/mol. The molecular weight excluding hydrogens is 168 g/mol. The molecule has 0 aromatic heterocycles. The van der Waals surface area contributed by atoms with Crippen molar-refractivity contribution >= 4 is 5.97 Å². The van der Waals surface area contributed by atoms with Crippen molar-refractivity contribution in [3.8, 4) is 0 Å². The van der Waals surface area contributed by atoms with Crippen LogP contribution in [0.1, 0.15) is 13.3 Å². The third-order valence-electron chi connectivity index (χ3n) is 1.72. The van der Waals surface area contributed by atoms with Crippen LogP contribution in [0.5, 0.6) is 0 Å². The summed E-state index contributed by atoms with van der Waals surface area (Å²) in [5.41, 5.74) is 0. The first-order chi connectivity index (χ1) is 6.13. The average Bonchev–Trinajstić information content (AvgIpc) is 2.15. The third-order valence-corrected chi connectivity index (χ3v) is 1.72. The Balaban J connectivity index is 4.01. The molecule has 0 aromatic rings. The first-order valence-electron chi connectivity index (χ1n) is 4.17. The minimum absolute atomic E-state index is 0.407. The molecule has 0 spiro atoms. The molecule has 3 heteroatoms. The van der Waals surface area contributed by atoms with E-state index >= 15 is 0 Å². The third kappa shape index (κ3) is 4.48. The Hall–Kier alpha value is -1.09. The van der Waals surface area contributed by atoms with Crippen LogP contribution in [0.2, 0.25) is 0 Å². The van der Waals surface area contributed by atoms with Crippen molar-refractivity contribution in [2.24, 2.45) is 5.92 Å². The second kappa shape index (κ2) is 6.43.